The molecule has 2 aromatic heterocycles. The van der Waals surface area contributed by atoms with Crippen molar-refractivity contribution < 1.29 is 8.81 Å². The molecule has 3 aromatic rings. The summed E-state index contributed by atoms with van der Waals surface area (Å²) in [5.41, 5.74) is 2.33. The van der Waals surface area contributed by atoms with Gasteiger partial charge in [-0.3, -0.25) is 9.88 Å². The van der Waals surface area contributed by atoms with Crippen molar-refractivity contribution in [2.75, 3.05) is 18.0 Å². The number of nitrogens with zero attached hydrogens (tertiary/aromatic N) is 4. The number of piperazine rings is 1. The van der Waals surface area contributed by atoms with E-state index in [1.165, 1.54) is 12.1 Å². The summed E-state index contributed by atoms with van der Waals surface area (Å²) in [6.07, 6.45) is 2.95. The maximum Gasteiger partial charge on any atom is 0.298 e. The Hall–Kier alpha value is -2.47. The van der Waals surface area contributed by atoms with Crippen LogP contribution < -0.4 is 4.90 Å². The number of likely N-dealkylation sites (tertiary alicyclic amines) is 1. The average Bonchev–Trinajstić information content (AvgIpc) is 3.28. The predicted octanol–water partition coefficient (Wildman–Crippen LogP) is 2.83. The monoisotopic (exact) mass is 324 g/mol. The summed E-state index contributed by atoms with van der Waals surface area (Å²) in [5.74, 6) is -0.297. The van der Waals surface area contributed by atoms with E-state index in [9.17, 15) is 4.39 Å². The lowest BCUT2D eigenvalue weighted by molar-refractivity contribution is 0.225. The van der Waals surface area contributed by atoms with E-state index in [0.29, 0.717) is 29.2 Å². The van der Waals surface area contributed by atoms with Crippen molar-refractivity contribution in [3.63, 3.8) is 0 Å². The van der Waals surface area contributed by atoms with Gasteiger partial charge < -0.3 is 9.32 Å². The fraction of sp³-hybridized carbons (Fsp3) is 0.333. The Bertz CT molecular complexity index is 881. The van der Waals surface area contributed by atoms with E-state index in [4.69, 9.17) is 4.42 Å². The summed E-state index contributed by atoms with van der Waals surface area (Å²) >= 11 is 0. The van der Waals surface area contributed by atoms with E-state index < -0.39 is 0 Å². The minimum Gasteiger partial charge on any atom is -0.423 e. The van der Waals surface area contributed by atoms with Gasteiger partial charge in [-0.2, -0.15) is 4.98 Å². The third kappa shape index (κ3) is 2.26. The zero-order valence-electron chi connectivity index (χ0n) is 13.1. The minimum absolute atomic E-state index is 0.297. The van der Waals surface area contributed by atoms with Gasteiger partial charge >= 0.3 is 0 Å². The lowest BCUT2D eigenvalue weighted by atomic mass is 10.2. The van der Waals surface area contributed by atoms with Crippen LogP contribution in [0.15, 0.2) is 47.0 Å². The second kappa shape index (κ2) is 5.27. The summed E-state index contributed by atoms with van der Waals surface area (Å²) < 4.78 is 19.1. The highest BCUT2D eigenvalue weighted by Gasteiger charge is 2.44. The molecule has 122 valence electrons. The smallest absolute Gasteiger partial charge is 0.298 e. The van der Waals surface area contributed by atoms with Gasteiger partial charge in [0.1, 0.15) is 11.3 Å². The largest absolute Gasteiger partial charge is 0.423 e. The SMILES string of the molecule is Fc1ccc2nc(N3CC4CC3CN4Cc3ccccn3)oc2c1. The maximum absolute atomic E-state index is 13.3. The summed E-state index contributed by atoms with van der Waals surface area (Å²) in [5, 5.41) is 0. The van der Waals surface area contributed by atoms with Crippen LogP contribution >= 0.6 is 0 Å². The first kappa shape index (κ1) is 13.9. The van der Waals surface area contributed by atoms with Crippen molar-refractivity contribution >= 4 is 17.1 Å². The second-order valence-electron chi connectivity index (χ2n) is 6.55. The van der Waals surface area contributed by atoms with Crippen molar-refractivity contribution in [1.82, 2.24) is 14.9 Å². The summed E-state index contributed by atoms with van der Waals surface area (Å²) in [7, 11) is 0. The number of rotatable bonds is 3. The number of anilines is 1. The van der Waals surface area contributed by atoms with Crippen LogP contribution in [0.2, 0.25) is 0 Å². The van der Waals surface area contributed by atoms with Gasteiger partial charge in [-0.1, -0.05) is 6.07 Å². The van der Waals surface area contributed by atoms with Crippen molar-refractivity contribution in [2.45, 2.75) is 25.0 Å². The van der Waals surface area contributed by atoms with Gasteiger partial charge in [0.25, 0.3) is 6.01 Å². The molecular weight excluding hydrogens is 307 g/mol. The standard InChI is InChI=1S/C18H17FN4O/c19-12-4-5-16-17(7-12)24-18(21-16)23-11-14-8-15(23)10-22(14)9-13-3-1-2-6-20-13/h1-7,14-15H,8-11H2. The van der Waals surface area contributed by atoms with Crippen LogP contribution in [0.3, 0.4) is 0 Å². The molecule has 2 aliphatic heterocycles. The zero-order valence-corrected chi connectivity index (χ0v) is 13.1. The fourth-order valence-corrected chi connectivity index (χ4v) is 3.89. The molecule has 2 atom stereocenters. The predicted molar refractivity (Wildman–Crippen MR) is 88.2 cm³/mol. The minimum atomic E-state index is -0.297. The molecule has 24 heavy (non-hydrogen) atoms. The van der Waals surface area contributed by atoms with Gasteiger partial charge in [-0.25, -0.2) is 4.39 Å². The Morgan fingerprint density at radius 2 is 2.12 bits per heavy atom. The Kier molecular flexibility index (Phi) is 3.06. The Morgan fingerprint density at radius 3 is 2.92 bits per heavy atom. The van der Waals surface area contributed by atoms with Gasteiger partial charge in [0.15, 0.2) is 5.58 Å². The first-order chi connectivity index (χ1) is 11.8. The molecule has 1 aromatic carbocycles. The second-order valence-corrected chi connectivity index (χ2v) is 6.55. The van der Waals surface area contributed by atoms with Crippen LogP contribution in [0.4, 0.5) is 10.4 Å². The molecule has 0 radical (unpaired) electrons. The molecular formula is C18H17FN4O. The van der Waals surface area contributed by atoms with Crippen molar-refractivity contribution in [1.29, 1.82) is 0 Å². The van der Waals surface area contributed by atoms with Gasteiger partial charge in [0.2, 0.25) is 0 Å². The Labute approximate surface area is 138 Å². The van der Waals surface area contributed by atoms with Crippen LogP contribution in [0.1, 0.15) is 12.1 Å². The molecule has 0 spiro atoms. The van der Waals surface area contributed by atoms with Gasteiger partial charge in [0.05, 0.1) is 5.69 Å². The molecule has 5 rings (SSSR count). The molecule has 2 saturated heterocycles. The third-order valence-electron chi connectivity index (χ3n) is 5.03. The van der Waals surface area contributed by atoms with E-state index in [1.807, 2.05) is 18.3 Å². The highest BCUT2D eigenvalue weighted by molar-refractivity contribution is 5.74. The normalized spacial score (nSPS) is 23.5. The molecule has 2 unspecified atom stereocenters. The zero-order chi connectivity index (χ0) is 16.1. The van der Waals surface area contributed by atoms with Crippen molar-refractivity contribution in [3.8, 4) is 0 Å². The van der Waals surface area contributed by atoms with Crippen LogP contribution in [-0.4, -0.2) is 40.0 Å². The average molecular weight is 324 g/mol. The Balaban J connectivity index is 1.34. The van der Waals surface area contributed by atoms with E-state index in [-0.39, 0.29) is 5.82 Å². The van der Waals surface area contributed by atoms with E-state index in [1.54, 1.807) is 6.07 Å². The molecule has 0 aliphatic carbocycles. The van der Waals surface area contributed by atoms with Crippen LogP contribution in [0.5, 0.6) is 0 Å². The third-order valence-corrected chi connectivity index (χ3v) is 5.03. The highest BCUT2D eigenvalue weighted by Crippen LogP contribution is 2.36. The molecule has 0 saturated carbocycles. The van der Waals surface area contributed by atoms with Gasteiger partial charge in [-0.15, -0.1) is 0 Å². The van der Waals surface area contributed by atoms with E-state index >= 15 is 0 Å². The van der Waals surface area contributed by atoms with E-state index in [2.05, 4.69) is 25.8 Å². The fourth-order valence-electron chi connectivity index (χ4n) is 3.89. The van der Waals surface area contributed by atoms with Crippen molar-refractivity contribution in [2.24, 2.45) is 0 Å². The molecule has 2 bridgehead atoms. The van der Waals surface area contributed by atoms with E-state index in [0.717, 1.165) is 31.7 Å². The molecule has 6 heteroatoms. The molecule has 2 aliphatic rings. The summed E-state index contributed by atoms with van der Waals surface area (Å²) in [6, 6.07) is 12.0. The maximum atomic E-state index is 13.3. The number of aromatic nitrogens is 2. The number of hydrogen-bond acceptors (Lipinski definition) is 5. The first-order valence-electron chi connectivity index (χ1n) is 8.23. The van der Waals surface area contributed by atoms with Crippen LogP contribution in [0.25, 0.3) is 11.1 Å². The Morgan fingerprint density at radius 1 is 1.17 bits per heavy atom. The molecule has 4 heterocycles. The number of pyridine rings is 1. The van der Waals surface area contributed by atoms with Crippen molar-refractivity contribution in [3.05, 3.63) is 54.1 Å². The molecule has 2 fully saturated rings. The molecule has 0 amide bonds. The van der Waals surface area contributed by atoms with Gasteiger partial charge in [-0.05, 0) is 30.7 Å². The quantitative estimate of drug-likeness (QED) is 0.741. The van der Waals surface area contributed by atoms with Crippen LogP contribution in [0, 0.1) is 5.82 Å². The first-order valence-corrected chi connectivity index (χ1v) is 8.23. The number of halogens is 1. The number of fused-ring (bicyclic) bond motifs is 3. The topological polar surface area (TPSA) is 45.4 Å². The number of hydrogen-bond donors (Lipinski definition) is 0. The number of oxazole rings is 1. The summed E-state index contributed by atoms with van der Waals surface area (Å²) in [6.45, 7) is 2.76. The summed E-state index contributed by atoms with van der Waals surface area (Å²) in [4.78, 5) is 13.6. The lowest BCUT2D eigenvalue weighted by Gasteiger charge is -2.33. The molecule has 0 N–H and O–H groups in total. The number of benzene rings is 1. The lowest BCUT2D eigenvalue weighted by Crippen LogP contribution is -2.46. The van der Waals surface area contributed by atoms with Crippen LogP contribution in [-0.2, 0) is 6.54 Å². The van der Waals surface area contributed by atoms with Gasteiger partial charge in [0, 0.05) is 44.0 Å². The highest BCUT2D eigenvalue weighted by atomic mass is 19.1. The molecule has 5 nitrogen and oxygen atoms in total.